The summed E-state index contributed by atoms with van der Waals surface area (Å²) >= 11 is 0. The van der Waals surface area contributed by atoms with Gasteiger partial charge in [0.05, 0.1) is 24.5 Å². The summed E-state index contributed by atoms with van der Waals surface area (Å²) in [7, 11) is 0. The van der Waals surface area contributed by atoms with Crippen LogP contribution < -0.4 is 5.43 Å². The fourth-order valence-corrected chi connectivity index (χ4v) is 8.00. The Balaban J connectivity index is 1.35. The lowest BCUT2D eigenvalue weighted by Gasteiger charge is -2.49. The second-order valence-corrected chi connectivity index (χ2v) is 14.4. The van der Waals surface area contributed by atoms with E-state index in [9.17, 15) is 14.7 Å². The van der Waals surface area contributed by atoms with Gasteiger partial charge in [0.2, 0.25) is 0 Å². The van der Waals surface area contributed by atoms with E-state index in [1.54, 1.807) is 30.3 Å². The minimum Gasteiger partial charge on any atom is -0.462 e. The number of carbonyl (C=O) groups excluding carboxylic acids is 2. The van der Waals surface area contributed by atoms with Gasteiger partial charge >= 0.3 is 5.97 Å². The van der Waals surface area contributed by atoms with Crippen molar-refractivity contribution in [3.8, 4) is 0 Å². The van der Waals surface area contributed by atoms with Gasteiger partial charge in [-0.25, -0.2) is 5.43 Å². The third-order valence-corrected chi connectivity index (χ3v) is 10.7. The number of fused-ring (bicyclic) bond motifs is 2. The fourth-order valence-electron chi connectivity index (χ4n) is 8.00. The van der Waals surface area contributed by atoms with E-state index in [0.717, 1.165) is 25.7 Å². The van der Waals surface area contributed by atoms with Gasteiger partial charge in [0.25, 0.3) is 5.91 Å². The van der Waals surface area contributed by atoms with Crippen LogP contribution in [-0.4, -0.2) is 65.1 Å². The molecule has 0 unspecified atom stereocenters. The first-order chi connectivity index (χ1) is 23.0. The number of ether oxygens (including phenoxy) is 4. The van der Waals surface area contributed by atoms with Gasteiger partial charge in [0, 0.05) is 24.8 Å². The Hall–Kier alpha value is -3.37. The molecule has 5 aliphatic rings. The van der Waals surface area contributed by atoms with Crippen molar-refractivity contribution in [1.29, 1.82) is 0 Å². The van der Waals surface area contributed by atoms with Gasteiger partial charge in [0.15, 0.2) is 5.79 Å². The minimum atomic E-state index is -1.76. The lowest BCUT2D eigenvalue weighted by molar-refractivity contribution is -0.335. The van der Waals surface area contributed by atoms with Crippen LogP contribution in [0, 0.1) is 17.8 Å². The molecule has 48 heavy (non-hydrogen) atoms. The number of rotatable bonds is 3. The van der Waals surface area contributed by atoms with Crippen molar-refractivity contribution in [2.75, 3.05) is 6.61 Å². The quantitative estimate of drug-likeness (QED) is 0.221. The van der Waals surface area contributed by atoms with Gasteiger partial charge in [-0.1, -0.05) is 74.9 Å². The van der Waals surface area contributed by atoms with Crippen molar-refractivity contribution >= 4 is 17.6 Å². The number of aliphatic hydroxyl groups is 1. The second kappa shape index (κ2) is 14.2. The highest BCUT2D eigenvalue weighted by Crippen LogP contribution is 2.46. The zero-order valence-corrected chi connectivity index (χ0v) is 28.8. The normalized spacial score (nSPS) is 40.9. The summed E-state index contributed by atoms with van der Waals surface area (Å²) in [5.41, 5.74) is 4.12. The molecular weight excluding hydrogens is 608 g/mol. The van der Waals surface area contributed by atoms with Crippen LogP contribution in [0.3, 0.4) is 0 Å². The lowest BCUT2D eigenvalue weighted by Crippen LogP contribution is -2.57. The highest BCUT2D eigenvalue weighted by Gasteiger charge is 2.59. The van der Waals surface area contributed by atoms with Crippen molar-refractivity contribution in [3.63, 3.8) is 0 Å². The summed E-state index contributed by atoms with van der Waals surface area (Å²) < 4.78 is 26.0. The number of hydrogen-bond acceptors (Lipinski definition) is 8. The average Bonchev–Trinajstić information content (AvgIpc) is 3.40. The van der Waals surface area contributed by atoms with Crippen molar-refractivity contribution in [1.82, 2.24) is 5.43 Å². The third-order valence-electron chi connectivity index (χ3n) is 10.7. The van der Waals surface area contributed by atoms with Crippen LogP contribution in [0.5, 0.6) is 0 Å². The van der Waals surface area contributed by atoms with Crippen LogP contribution in [0.1, 0.15) is 89.9 Å². The van der Waals surface area contributed by atoms with Crippen molar-refractivity contribution in [2.24, 2.45) is 22.9 Å². The molecular formula is C39H50N2O7. The molecule has 9 atom stereocenters. The zero-order valence-electron chi connectivity index (χ0n) is 28.8. The molecule has 1 aliphatic carbocycles. The molecule has 1 spiro atoms. The fraction of sp³-hybridized carbons (Fsp3) is 0.564. The molecule has 4 heterocycles. The van der Waals surface area contributed by atoms with Gasteiger partial charge in [-0.2, -0.15) is 5.10 Å². The smallest absolute Gasteiger partial charge is 0.316 e. The number of amides is 1. The lowest BCUT2D eigenvalue weighted by atomic mass is 9.71. The topological polar surface area (TPSA) is 116 Å². The maximum Gasteiger partial charge on any atom is 0.316 e. The van der Waals surface area contributed by atoms with E-state index in [-0.39, 0.29) is 30.6 Å². The Kier molecular flexibility index (Phi) is 10.2. The number of nitrogens with zero attached hydrogens (tertiary/aromatic N) is 1. The number of carbonyl (C=O) groups is 2. The Morgan fingerprint density at radius 1 is 1.12 bits per heavy atom. The maximum absolute atomic E-state index is 14.3. The van der Waals surface area contributed by atoms with Crippen LogP contribution in [0.2, 0.25) is 0 Å². The van der Waals surface area contributed by atoms with E-state index >= 15 is 0 Å². The predicted octanol–water partition coefficient (Wildman–Crippen LogP) is 6.35. The van der Waals surface area contributed by atoms with Gasteiger partial charge in [-0.15, -0.1) is 0 Å². The van der Waals surface area contributed by atoms with E-state index in [1.807, 2.05) is 25.1 Å². The highest BCUT2D eigenvalue weighted by atomic mass is 16.7. The van der Waals surface area contributed by atoms with Gasteiger partial charge in [0.1, 0.15) is 23.7 Å². The molecule has 0 aromatic heterocycles. The van der Waals surface area contributed by atoms with E-state index in [4.69, 9.17) is 18.9 Å². The van der Waals surface area contributed by atoms with Crippen molar-refractivity contribution in [3.05, 3.63) is 83.0 Å². The Labute approximate surface area is 284 Å². The van der Waals surface area contributed by atoms with E-state index < -0.39 is 35.5 Å². The maximum atomic E-state index is 14.3. The number of hydrazone groups is 1. The standard InChI is InChI=1S/C39H50N2O7/c1-6-33-26(4)17-18-38(48-33)22-31-21-30(47-38)16-15-25(3)19-24(2)11-10-14-29-23-45-35-34(40-41-36(42)28-12-8-7-9-13-28)27(5)20-32(37(43)46-31)39(29,35)44/h7-15,20,24,26,30-33,35,44H,6,16-19,21-23H2,1-5H3,(H,41,42)/b11-10+,25-15+,29-14+,40-34-/t24-,26-,30+,31-,32-,33+,35+,38+,39+/m0/s1. The van der Waals surface area contributed by atoms with Gasteiger partial charge < -0.3 is 24.1 Å². The molecule has 2 N–H and O–H groups in total. The minimum absolute atomic E-state index is 0.0745. The summed E-state index contributed by atoms with van der Waals surface area (Å²) in [6, 6.07) is 8.79. The summed E-state index contributed by atoms with van der Waals surface area (Å²) in [5, 5.41) is 17.0. The van der Waals surface area contributed by atoms with Crippen molar-refractivity contribution in [2.45, 2.75) is 115 Å². The van der Waals surface area contributed by atoms with Crippen LogP contribution in [0.15, 0.2) is 82.5 Å². The molecule has 6 rings (SSSR count). The van der Waals surface area contributed by atoms with Crippen LogP contribution >= 0.6 is 0 Å². The molecule has 1 aromatic carbocycles. The van der Waals surface area contributed by atoms with Gasteiger partial charge in [-0.05, 0) is 74.6 Å². The summed E-state index contributed by atoms with van der Waals surface area (Å²) in [5.74, 6) is -2.11. The number of esters is 1. The molecule has 0 saturated carbocycles. The Morgan fingerprint density at radius 2 is 1.92 bits per heavy atom. The molecule has 0 radical (unpaired) electrons. The molecule has 3 saturated heterocycles. The monoisotopic (exact) mass is 658 g/mol. The molecule has 1 aromatic rings. The summed E-state index contributed by atoms with van der Waals surface area (Å²) in [6.07, 6.45) is 13.5. The highest BCUT2D eigenvalue weighted by molar-refractivity contribution is 6.08. The first-order valence-corrected chi connectivity index (χ1v) is 17.6. The Morgan fingerprint density at radius 3 is 2.69 bits per heavy atom. The SMILES string of the molecule is CC[C@H]1O[C@]2(CC[C@@H]1C)C[C@@H]1C[C@@H](C/C=C(\C)C[C@@H](C)/C=C/C=C3\CO[C@@H]4/C(=N\NC(=O)c5ccccc5)C(C)=C[C@@H](C(=O)O1)[C@]34O)O2. The van der Waals surface area contributed by atoms with E-state index in [0.29, 0.717) is 47.6 Å². The first kappa shape index (κ1) is 34.5. The van der Waals surface area contributed by atoms with Gasteiger partial charge in [-0.3, -0.25) is 9.59 Å². The number of nitrogens with one attached hydrogen (secondary N) is 1. The summed E-state index contributed by atoms with van der Waals surface area (Å²) in [6.45, 7) is 10.6. The second-order valence-electron chi connectivity index (χ2n) is 14.4. The number of allylic oxidation sites excluding steroid dienone is 4. The van der Waals surface area contributed by atoms with Crippen molar-refractivity contribution < 1.29 is 33.6 Å². The molecule has 258 valence electrons. The van der Waals surface area contributed by atoms with E-state index in [1.165, 1.54) is 5.57 Å². The predicted molar refractivity (Wildman–Crippen MR) is 183 cm³/mol. The molecule has 9 heteroatoms. The first-order valence-electron chi connectivity index (χ1n) is 17.6. The largest absolute Gasteiger partial charge is 0.462 e. The Bertz CT molecular complexity index is 1530. The number of hydrogen-bond donors (Lipinski definition) is 2. The average molecular weight is 659 g/mol. The van der Waals surface area contributed by atoms with Crippen LogP contribution in [0.4, 0.5) is 0 Å². The molecule has 3 fully saturated rings. The van der Waals surface area contributed by atoms with Crippen LogP contribution in [0.25, 0.3) is 0 Å². The number of benzene rings is 1. The van der Waals surface area contributed by atoms with Crippen LogP contribution in [-0.2, 0) is 23.7 Å². The molecule has 1 amide bonds. The third kappa shape index (κ3) is 7.01. The molecule has 2 bridgehead atoms. The van der Waals surface area contributed by atoms with E-state index in [2.05, 4.69) is 50.4 Å². The zero-order chi connectivity index (χ0) is 34.1. The molecule has 9 nitrogen and oxygen atoms in total. The molecule has 4 aliphatic heterocycles. The summed E-state index contributed by atoms with van der Waals surface area (Å²) in [4.78, 5) is 27.1.